The van der Waals surface area contributed by atoms with Crippen LogP contribution in [0.3, 0.4) is 0 Å². The molecule has 1 atom stereocenters. The Bertz CT molecular complexity index is 221. The van der Waals surface area contributed by atoms with Gasteiger partial charge in [-0.25, -0.2) is 0 Å². The van der Waals surface area contributed by atoms with Crippen LogP contribution in [0.4, 0.5) is 0 Å². The van der Waals surface area contributed by atoms with Crippen molar-refractivity contribution in [2.24, 2.45) is 0 Å². The molecule has 3 nitrogen and oxygen atoms in total. The van der Waals surface area contributed by atoms with Gasteiger partial charge in [-0.05, 0) is 32.9 Å². The van der Waals surface area contributed by atoms with Crippen molar-refractivity contribution in [3.05, 3.63) is 12.2 Å². The first kappa shape index (κ1) is 12.1. The van der Waals surface area contributed by atoms with Gasteiger partial charge in [0, 0.05) is 38.8 Å². The van der Waals surface area contributed by atoms with Crippen LogP contribution >= 0.6 is 0 Å². The van der Waals surface area contributed by atoms with E-state index in [9.17, 15) is 0 Å². The van der Waals surface area contributed by atoms with Crippen molar-refractivity contribution in [3.63, 3.8) is 0 Å². The fourth-order valence-corrected chi connectivity index (χ4v) is 2.65. The van der Waals surface area contributed by atoms with E-state index >= 15 is 0 Å². The van der Waals surface area contributed by atoms with E-state index in [0.717, 1.165) is 25.7 Å². The van der Waals surface area contributed by atoms with Gasteiger partial charge in [-0.2, -0.15) is 0 Å². The number of piperazine rings is 1. The van der Waals surface area contributed by atoms with E-state index in [1.165, 1.54) is 38.9 Å². The molecule has 0 saturated carbocycles. The number of rotatable bonds is 4. The standard InChI is InChI=1S/C13H25N3/c1-15-9-4-6-13(15)5-2-3-10-16-11-7-14-8-12-16/h2-3,13-14H,4-12H2,1H3/b3-2-. The Labute approximate surface area is 99.5 Å². The molecule has 2 fully saturated rings. The number of likely N-dealkylation sites (tertiary alicyclic amines) is 1. The first-order chi connectivity index (χ1) is 7.86. The topological polar surface area (TPSA) is 18.5 Å². The molecule has 0 bridgehead atoms. The van der Waals surface area contributed by atoms with Crippen molar-refractivity contribution in [1.82, 2.24) is 15.1 Å². The zero-order valence-electron chi connectivity index (χ0n) is 10.5. The van der Waals surface area contributed by atoms with E-state index in [0.29, 0.717) is 0 Å². The van der Waals surface area contributed by atoms with Crippen molar-refractivity contribution >= 4 is 0 Å². The summed E-state index contributed by atoms with van der Waals surface area (Å²) in [7, 11) is 2.25. The molecule has 0 amide bonds. The zero-order valence-corrected chi connectivity index (χ0v) is 10.5. The lowest BCUT2D eigenvalue weighted by Crippen LogP contribution is -2.43. The van der Waals surface area contributed by atoms with E-state index in [4.69, 9.17) is 0 Å². The number of hydrogen-bond donors (Lipinski definition) is 1. The maximum absolute atomic E-state index is 3.38. The molecule has 1 N–H and O–H groups in total. The molecule has 2 rings (SSSR count). The SMILES string of the molecule is CN1CCCC1C/C=C\CN1CCNCC1. The van der Waals surface area contributed by atoms with Crippen LogP contribution in [-0.4, -0.2) is 62.2 Å². The van der Waals surface area contributed by atoms with Crippen LogP contribution in [-0.2, 0) is 0 Å². The second kappa shape index (κ2) is 6.38. The molecule has 2 saturated heterocycles. The largest absolute Gasteiger partial charge is 0.314 e. The van der Waals surface area contributed by atoms with Crippen molar-refractivity contribution in [1.29, 1.82) is 0 Å². The quantitative estimate of drug-likeness (QED) is 0.715. The van der Waals surface area contributed by atoms with E-state index in [1.807, 2.05) is 0 Å². The highest BCUT2D eigenvalue weighted by Crippen LogP contribution is 2.17. The highest BCUT2D eigenvalue weighted by Gasteiger charge is 2.18. The number of hydrogen-bond acceptors (Lipinski definition) is 3. The van der Waals surface area contributed by atoms with Crippen molar-refractivity contribution in [2.75, 3.05) is 46.3 Å². The van der Waals surface area contributed by atoms with Gasteiger partial charge in [0.2, 0.25) is 0 Å². The van der Waals surface area contributed by atoms with Crippen LogP contribution in [0.1, 0.15) is 19.3 Å². The lowest BCUT2D eigenvalue weighted by Gasteiger charge is -2.25. The fraction of sp³-hybridized carbons (Fsp3) is 0.846. The van der Waals surface area contributed by atoms with Gasteiger partial charge in [0.25, 0.3) is 0 Å². The van der Waals surface area contributed by atoms with Crippen LogP contribution in [0.5, 0.6) is 0 Å². The van der Waals surface area contributed by atoms with Crippen LogP contribution < -0.4 is 5.32 Å². The molecule has 16 heavy (non-hydrogen) atoms. The van der Waals surface area contributed by atoms with Crippen molar-refractivity contribution in [2.45, 2.75) is 25.3 Å². The minimum atomic E-state index is 0.805. The summed E-state index contributed by atoms with van der Waals surface area (Å²) in [6.45, 7) is 7.13. The second-order valence-corrected chi connectivity index (χ2v) is 5.03. The van der Waals surface area contributed by atoms with E-state index in [1.54, 1.807) is 0 Å². The van der Waals surface area contributed by atoms with E-state index in [2.05, 4.69) is 34.3 Å². The fourth-order valence-electron chi connectivity index (χ4n) is 2.65. The second-order valence-electron chi connectivity index (χ2n) is 5.03. The number of nitrogens with zero attached hydrogens (tertiary/aromatic N) is 2. The molecule has 0 aromatic carbocycles. The predicted octanol–water partition coefficient (Wildman–Crippen LogP) is 0.932. The molecule has 0 aromatic rings. The average molecular weight is 223 g/mol. The Hall–Kier alpha value is -0.380. The lowest BCUT2D eigenvalue weighted by atomic mass is 10.1. The minimum Gasteiger partial charge on any atom is -0.314 e. The third-order valence-corrected chi connectivity index (χ3v) is 3.82. The zero-order chi connectivity index (χ0) is 11.2. The summed E-state index contributed by atoms with van der Waals surface area (Å²) in [4.78, 5) is 5.01. The molecule has 2 heterocycles. The van der Waals surface area contributed by atoms with Gasteiger partial charge in [0.05, 0.1) is 0 Å². The molecule has 0 radical (unpaired) electrons. The Kier molecular flexibility index (Phi) is 4.82. The Morgan fingerprint density at radius 3 is 2.69 bits per heavy atom. The van der Waals surface area contributed by atoms with Gasteiger partial charge in [-0.1, -0.05) is 12.2 Å². The maximum atomic E-state index is 3.38. The summed E-state index contributed by atoms with van der Waals surface area (Å²) in [5.41, 5.74) is 0. The highest BCUT2D eigenvalue weighted by molar-refractivity contribution is 4.91. The number of nitrogens with one attached hydrogen (secondary N) is 1. The molecule has 0 aliphatic carbocycles. The molecule has 2 aliphatic rings. The Balaban J connectivity index is 1.61. The smallest absolute Gasteiger partial charge is 0.0164 e. The Morgan fingerprint density at radius 2 is 2.00 bits per heavy atom. The highest BCUT2D eigenvalue weighted by atomic mass is 15.2. The molecule has 0 spiro atoms. The normalized spacial score (nSPS) is 29.2. The van der Waals surface area contributed by atoms with E-state index < -0.39 is 0 Å². The molecule has 2 aliphatic heterocycles. The summed E-state index contributed by atoms with van der Waals surface area (Å²) in [6.07, 6.45) is 8.75. The molecule has 0 aromatic heterocycles. The average Bonchev–Trinajstić information content (AvgIpc) is 2.72. The monoisotopic (exact) mass is 223 g/mol. The van der Waals surface area contributed by atoms with Gasteiger partial charge in [-0.3, -0.25) is 4.90 Å². The van der Waals surface area contributed by atoms with Gasteiger partial charge >= 0.3 is 0 Å². The molecule has 92 valence electrons. The molecule has 3 heteroatoms. The first-order valence-electron chi connectivity index (χ1n) is 6.64. The molecule has 1 unspecified atom stereocenters. The third kappa shape index (κ3) is 3.58. The summed E-state index contributed by atoms with van der Waals surface area (Å²) in [5.74, 6) is 0. The summed E-state index contributed by atoms with van der Waals surface area (Å²) >= 11 is 0. The van der Waals surface area contributed by atoms with Gasteiger partial charge in [0.1, 0.15) is 0 Å². The predicted molar refractivity (Wildman–Crippen MR) is 68.7 cm³/mol. The van der Waals surface area contributed by atoms with E-state index in [-0.39, 0.29) is 0 Å². The van der Waals surface area contributed by atoms with Crippen LogP contribution in [0.25, 0.3) is 0 Å². The van der Waals surface area contributed by atoms with Crippen LogP contribution in [0, 0.1) is 0 Å². The Morgan fingerprint density at radius 1 is 1.19 bits per heavy atom. The maximum Gasteiger partial charge on any atom is 0.0164 e. The van der Waals surface area contributed by atoms with Gasteiger partial charge in [-0.15, -0.1) is 0 Å². The van der Waals surface area contributed by atoms with Crippen LogP contribution in [0.15, 0.2) is 12.2 Å². The lowest BCUT2D eigenvalue weighted by molar-refractivity contribution is 0.264. The molecular formula is C13H25N3. The van der Waals surface area contributed by atoms with Crippen LogP contribution in [0.2, 0.25) is 0 Å². The summed E-state index contributed by atoms with van der Waals surface area (Å²) in [6, 6.07) is 0.805. The molecular weight excluding hydrogens is 198 g/mol. The van der Waals surface area contributed by atoms with Gasteiger partial charge in [0.15, 0.2) is 0 Å². The van der Waals surface area contributed by atoms with Crippen molar-refractivity contribution in [3.8, 4) is 0 Å². The van der Waals surface area contributed by atoms with Crippen molar-refractivity contribution < 1.29 is 0 Å². The summed E-state index contributed by atoms with van der Waals surface area (Å²) in [5, 5.41) is 3.38. The van der Waals surface area contributed by atoms with Gasteiger partial charge < -0.3 is 10.2 Å². The minimum absolute atomic E-state index is 0.805. The summed E-state index contributed by atoms with van der Waals surface area (Å²) < 4.78 is 0. The first-order valence-corrected chi connectivity index (χ1v) is 6.64. The third-order valence-electron chi connectivity index (χ3n) is 3.82.